The first kappa shape index (κ1) is 17.8. The summed E-state index contributed by atoms with van der Waals surface area (Å²) in [5.74, 6) is -0.528. The highest BCUT2D eigenvalue weighted by molar-refractivity contribution is 5.82. The fraction of sp³-hybridized carbons (Fsp3) is 0.529. The minimum absolute atomic E-state index is 0.0167. The van der Waals surface area contributed by atoms with Gasteiger partial charge in [0.05, 0.1) is 12.5 Å². The molecule has 0 saturated heterocycles. The minimum Gasteiger partial charge on any atom is -0.455 e. The lowest BCUT2D eigenvalue weighted by molar-refractivity contribution is -0.148. The van der Waals surface area contributed by atoms with Crippen molar-refractivity contribution in [2.75, 3.05) is 6.61 Å². The molecule has 0 aliphatic heterocycles. The Morgan fingerprint density at radius 2 is 2.12 bits per heavy atom. The van der Waals surface area contributed by atoms with Crippen LogP contribution in [0.1, 0.15) is 42.6 Å². The van der Waals surface area contributed by atoms with Crippen LogP contribution in [0.25, 0.3) is 5.78 Å². The molecule has 26 heavy (non-hydrogen) atoms. The molecular weight excluding hydrogens is 336 g/mol. The van der Waals surface area contributed by atoms with Gasteiger partial charge >= 0.3 is 5.97 Å². The number of ether oxygens (including phenoxy) is 1. The highest BCUT2D eigenvalue weighted by Crippen LogP contribution is 2.28. The third-order valence-corrected chi connectivity index (χ3v) is 4.72. The molecular formula is C17H20N6O3. The SMILES string of the molecule is Cc1nc2ncnn2c(C)c1CC(=O)OCC(=O)NC1(C#N)CCCC1. The smallest absolute Gasteiger partial charge is 0.310 e. The molecule has 9 heteroatoms. The van der Waals surface area contributed by atoms with Crippen molar-refractivity contribution in [2.24, 2.45) is 0 Å². The molecule has 2 aromatic rings. The van der Waals surface area contributed by atoms with Gasteiger partial charge in [0.25, 0.3) is 11.7 Å². The van der Waals surface area contributed by atoms with Gasteiger partial charge in [0.15, 0.2) is 6.61 Å². The van der Waals surface area contributed by atoms with Crippen molar-refractivity contribution in [3.63, 3.8) is 0 Å². The number of nitriles is 1. The van der Waals surface area contributed by atoms with E-state index in [2.05, 4.69) is 26.5 Å². The van der Waals surface area contributed by atoms with Crippen molar-refractivity contribution < 1.29 is 14.3 Å². The molecule has 0 aromatic carbocycles. The van der Waals surface area contributed by atoms with E-state index in [0.717, 1.165) is 18.5 Å². The molecule has 9 nitrogen and oxygen atoms in total. The number of carbonyl (C=O) groups excluding carboxylic acids is 2. The van der Waals surface area contributed by atoms with E-state index in [0.29, 0.717) is 29.9 Å². The number of hydrogen-bond donors (Lipinski definition) is 1. The summed E-state index contributed by atoms with van der Waals surface area (Å²) in [4.78, 5) is 32.5. The van der Waals surface area contributed by atoms with Crippen LogP contribution in [-0.4, -0.2) is 43.6 Å². The number of carbonyl (C=O) groups is 2. The molecule has 1 saturated carbocycles. The summed E-state index contributed by atoms with van der Waals surface area (Å²) in [6.45, 7) is 3.20. The number of nitrogens with one attached hydrogen (secondary N) is 1. The van der Waals surface area contributed by atoms with E-state index in [4.69, 9.17) is 4.74 Å². The van der Waals surface area contributed by atoms with Crippen molar-refractivity contribution in [3.05, 3.63) is 23.3 Å². The summed E-state index contributed by atoms with van der Waals surface area (Å²) < 4.78 is 6.63. The molecule has 1 fully saturated rings. The lowest BCUT2D eigenvalue weighted by Crippen LogP contribution is -2.46. The lowest BCUT2D eigenvalue weighted by atomic mass is 10.00. The first-order valence-corrected chi connectivity index (χ1v) is 8.48. The Morgan fingerprint density at radius 1 is 1.38 bits per heavy atom. The molecule has 1 amide bonds. The van der Waals surface area contributed by atoms with Crippen LogP contribution < -0.4 is 5.32 Å². The highest BCUT2D eigenvalue weighted by Gasteiger charge is 2.35. The van der Waals surface area contributed by atoms with Gasteiger partial charge in [0.1, 0.15) is 11.9 Å². The van der Waals surface area contributed by atoms with Crippen molar-refractivity contribution in [3.8, 4) is 6.07 Å². The van der Waals surface area contributed by atoms with E-state index in [9.17, 15) is 14.9 Å². The van der Waals surface area contributed by atoms with Crippen LogP contribution in [0.15, 0.2) is 6.33 Å². The van der Waals surface area contributed by atoms with Crippen LogP contribution in [0, 0.1) is 25.2 Å². The van der Waals surface area contributed by atoms with Crippen LogP contribution in [0.4, 0.5) is 0 Å². The summed E-state index contributed by atoms with van der Waals surface area (Å²) in [5.41, 5.74) is 1.29. The third-order valence-electron chi connectivity index (χ3n) is 4.72. The fourth-order valence-electron chi connectivity index (χ4n) is 3.30. The van der Waals surface area contributed by atoms with E-state index in [1.807, 2.05) is 6.92 Å². The Labute approximate surface area is 150 Å². The second kappa shape index (κ2) is 7.07. The molecule has 0 atom stereocenters. The summed E-state index contributed by atoms with van der Waals surface area (Å²) >= 11 is 0. The van der Waals surface area contributed by atoms with Crippen LogP contribution in [0.3, 0.4) is 0 Å². The van der Waals surface area contributed by atoms with Gasteiger partial charge in [-0.05, 0) is 39.5 Å². The second-order valence-corrected chi connectivity index (χ2v) is 6.52. The average Bonchev–Trinajstić information content (AvgIpc) is 3.26. The number of aromatic nitrogens is 4. The number of nitrogens with zero attached hydrogens (tertiary/aromatic N) is 5. The highest BCUT2D eigenvalue weighted by atomic mass is 16.5. The molecule has 2 heterocycles. The van der Waals surface area contributed by atoms with Gasteiger partial charge in [-0.1, -0.05) is 0 Å². The normalized spacial score (nSPS) is 15.6. The minimum atomic E-state index is -0.821. The van der Waals surface area contributed by atoms with Crippen molar-refractivity contribution in [2.45, 2.75) is 51.5 Å². The van der Waals surface area contributed by atoms with E-state index >= 15 is 0 Å². The molecule has 0 spiro atoms. The predicted octanol–water partition coefficient (Wildman–Crippen LogP) is 0.779. The number of rotatable bonds is 5. The third kappa shape index (κ3) is 3.49. The standard InChI is InChI=1S/C17H20N6O3/c1-11-13(12(2)23-16(21-11)19-10-20-23)7-15(25)26-8-14(24)22-17(9-18)5-3-4-6-17/h10H,3-8H2,1-2H3,(H,22,24). The van der Waals surface area contributed by atoms with Crippen LogP contribution in [0.2, 0.25) is 0 Å². The molecule has 0 unspecified atom stereocenters. The van der Waals surface area contributed by atoms with Crippen molar-refractivity contribution >= 4 is 17.7 Å². The number of hydrogen-bond acceptors (Lipinski definition) is 7. The number of amides is 1. The van der Waals surface area contributed by atoms with Gasteiger partial charge in [-0.2, -0.15) is 15.3 Å². The molecule has 1 N–H and O–H groups in total. The van der Waals surface area contributed by atoms with Crippen LogP contribution >= 0.6 is 0 Å². The van der Waals surface area contributed by atoms with Gasteiger partial charge in [-0.25, -0.2) is 9.50 Å². The first-order chi connectivity index (χ1) is 12.4. The number of fused-ring (bicyclic) bond motifs is 1. The number of esters is 1. The Balaban J connectivity index is 1.59. The quantitative estimate of drug-likeness (QED) is 0.785. The maximum absolute atomic E-state index is 12.1. The van der Waals surface area contributed by atoms with Crippen LogP contribution in [-0.2, 0) is 20.7 Å². The zero-order chi connectivity index (χ0) is 18.7. The Hall–Kier alpha value is -3.02. The Bertz CT molecular complexity index is 892. The largest absolute Gasteiger partial charge is 0.455 e. The summed E-state index contributed by atoms with van der Waals surface area (Å²) in [7, 11) is 0. The maximum atomic E-state index is 12.1. The zero-order valence-corrected chi connectivity index (χ0v) is 14.8. The zero-order valence-electron chi connectivity index (χ0n) is 14.8. The van der Waals surface area contributed by atoms with Gasteiger partial charge < -0.3 is 10.1 Å². The monoisotopic (exact) mass is 356 g/mol. The lowest BCUT2D eigenvalue weighted by Gasteiger charge is -2.21. The number of aryl methyl sites for hydroxylation is 2. The molecule has 1 aliphatic carbocycles. The van der Waals surface area contributed by atoms with Gasteiger partial charge in [-0.3, -0.25) is 9.59 Å². The predicted molar refractivity (Wildman–Crippen MR) is 89.9 cm³/mol. The summed E-state index contributed by atoms with van der Waals surface area (Å²) in [5, 5.41) is 16.0. The van der Waals surface area contributed by atoms with E-state index < -0.39 is 24.0 Å². The molecule has 2 aromatic heterocycles. The van der Waals surface area contributed by atoms with E-state index in [1.165, 1.54) is 6.33 Å². The molecule has 136 valence electrons. The van der Waals surface area contributed by atoms with Crippen molar-refractivity contribution in [1.82, 2.24) is 24.9 Å². The molecule has 1 aliphatic rings. The molecule has 3 rings (SSSR count). The van der Waals surface area contributed by atoms with E-state index in [-0.39, 0.29) is 6.42 Å². The second-order valence-electron chi connectivity index (χ2n) is 6.52. The van der Waals surface area contributed by atoms with Crippen LogP contribution in [0.5, 0.6) is 0 Å². The first-order valence-electron chi connectivity index (χ1n) is 8.48. The van der Waals surface area contributed by atoms with Gasteiger partial charge in [0, 0.05) is 17.0 Å². The summed E-state index contributed by atoms with van der Waals surface area (Å²) in [6.07, 6.45) is 4.45. The molecule has 0 bridgehead atoms. The average molecular weight is 356 g/mol. The Kier molecular flexibility index (Phi) is 4.84. The topological polar surface area (TPSA) is 122 Å². The van der Waals surface area contributed by atoms with E-state index in [1.54, 1.807) is 11.4 Å². The Morgan fingerprint density at radius 3 is 2.81 bits per heavy atom. The van der Waals surface area contributed by atoms with Crippen molar-refractivity contribution in [1.29, 1.82) is 5.26 Å². The fourth-order valence-corrected chi connectivity index (χ4v) is 3.30. The summed E-state index contributed by atoms with van der Waals surface area (Å²) in [6, 6.07) is 2.17. The van der Waals surface area contributed by atoms with Gasteiger partial charge in [-0.15, -0.1) is 0 Å². The maximum Gasteiger partial charge on any atom is 0.310 e. The van der Waals surface area contributed by atoms with Gasteiger partial charge in [0.2, 0.25) is 0 Å². The molecule has 0 radical (unpaired) electrons.